The Bertz CT molecular complexity index is 872. The van der Waals surface area contributed by atoms with E-state index in [9.17, 15) is 9.18 Å². The zero-order valence-electron chi connectivity index (χ0n) is 12.9. The molecule has 0 spiro atoms. The first-order chi connectivity index (χ1) is 11.1. The van der Waals surface area contributed by atoms with Crippen molar-refractivity contribution >= 4 is 22.2 Å². The van der Waals surface area contributed by atoms with Crippen LogP contribution in [0, 0.1) is 12.7 Å². The molecule has 0 radical (unpaired) electrons. The van der Waals surface area contributed by atoms with Crippen LogP contribution in [0.1, 0.15) is 22.8 Å². The fraction of sp³-hybridized carbons (Fsp3) is 0.294. The standard InChI is InChI=1S/C17H18FN3OS/c1-11-10-23-17(20-11)3-2-6-19-9-13-8-16(22)14-7-12(18)4-5-15(14)21-13/h4-5,7-8,10,19H,2-3,6,9H2,1H3,(H,21,22). The Morgan fingerprint density at radius 2 is 2.22 bits per heavy atom. The van der Waals surface area contributed by atoms with Crippen molar-refractivity contribution in [2.45, 2.75) is 26.3 Å². The second-order valence-electron chi connectivity index (χ2n) is 5.51. The minimum absolute atomic E-state index is 0.159. The van der Waals surface area contributed by atoms with Crippen molar-refractivity contribution < 1.29 is 4.39 Å². The normalized spacial score (nSPS) is 11.2. The van der Waals surface area contributed by atoms with Crippen LogP contribution >= 0.6 is 11.3 Å². The first-order valence-corrected chi connectivity index (χ1v) is 8.43. The number of nitrogens with zero attached hydrogens (tertiary/aromatic N) is 1. The van der Waals surface area contributed by atoms with Crippen molar-refractivity contribution in [1.82, 2.24) is 15.3 Å². The fourth-order valence-electron chi connectivity index (χ4n) is 2.47. The summed E-state index contributed by atoms with van der Waals surface area (Å²) in [5, 5.41) is 6.92. The number of H-pyrrole nitrogens is 1. The van der Waals surface area contributed by atoms with Crippen molar-refractivity contribution in [2.75, 3.05) is 6.54 Å². The summed E-state index contributed by atoms with van der Waals surface area (Å²) < 4.78 is 13.2. The largest absolute Gasteiger partial charge is 0.357 e. The molecular weight excluding hydrogens is 313 g/mol. The third kappa shape index (κ3) is 4.03. The fourth-order valence-corrected chi connectivity index (χ4v) is 3.29. The highest BCUT2D eigenvalue weighted by atomic mass is 32.1. The molecule has 4 nitrogen and oxygen atoms in total. The van der Waals surface area contributed by atoms with E-state index in [1.165, 1.54) is 18.2 Å². The highest BCUT2D eigenvalue weighted by molar-refractivity contribution is 7.09. The molecule has 0 aliphatic heterocycles. The van der Waals surface area contributed by atoms with Crippen LogP contribution in [0.3, 0.4) is 0 Å². The second-order valence-corrected chi connectivity index (χ2v) is 6.45. The van der Waals surface area contributed by atoms with Crippen LogP contribution in [0.5, 0.6) is 0 Å². The topological polar surface area (TPSA) is 57.8 Å². The van der Waals surface area contributed by atoms with E-state index < -0.39 is 5.82 Å². The number of aryl methyl sites for hydroxylation is 2. The van der Waals surface area contributed by atoms with Gasteiger partial charge in [-0.05, 0) is 38.1 Å². The molecule has 0 aliphatic rings. The van der Waals surface area contributed by atoms with Gasteiger partial charge in [0, 0.05) is 46.7 Å². The van der Waals surface area contributed by atoms with Crippen molar-refractivity contribution in [2.24, 2.45) is 0 Å². The molecule has 0 fully saturated rings. The number of thiazole rings is 1. The van der Waals surface area contributed by atoms with Gasteiger partial charge in [-0.25, -0.2) is 9.37 Å². The van der Waals surface area contributed by atoms with E-state index in [2.05, 4.69) is 20.7 Å². The van der Waals surface area contributed by atoms with Crippen LogP contribution in [0.15, 0.2) is 34.4 Å². The molecule has 6 heteroatoms. The SMILES string of the molecule is Cc1csc(CCCNCc2cc(=O)c3cc(F)ccc3[nH]2)n1. The van der Waals surface area contributed by atoms with Gasteiger partial charge in [-0.1, -0.05) is 0 Å². The van der Waals surface area contributed by atoms with Gasteiger partial charge in [0.2, 0.25) is 0 Å². The number of rotatable bonds is 6. The molecule has 3 aromatic rings. The number of hydrogen-bond acceptors (Lipinski definition) is 4. The van der Waals surface area contributed by atoms with Crippen LogP contribution in [-0.2, 0) is 13.0 Å². The average Bonchev–Trinajstić information content (AvgIpc) is 2.93. The first kappa shape index (κ1) is 15.8. The van der Waals surface area contributed by atoms with E-state index in [1.54, 1.807) is 17.4 Å². The highest BCUT2D eigenvalue weighted by Gasteiger charge is 2.04. The van der Waals surface area contributed by atoms with E-state index >= 15 is 0 Å². The van der Waals surface area contributed by atoms with Crippen LogP contribution in [0.2, 0.25) is 0 Å². The number of benzene rings is 1. The van der Waals surface area contributed by atoms with Crippen molar-refractivity contribution in [3.05, 3.63) is 62.1 Å². The molecule has 23 heavy (non-hydrogen) atoms. The van der Waals surface area contributed by atoms with Crippen molar-refractivity contribution in [3.63, 3.8) is 0 Å². The van der Waals surface area contributed by atoms with Gasteiger partial charge in [-0.3, -0.25) is 4.79 Å². The third-order valence-corrected chi connectivity index (χ3v) is 4.60. The summed E-state index contributed by atoms with van der Waals surface area (Å²) in [6.07, 6.45) is 1.95. The van der Waals surface area contributed by atoms with Gasteiger partial charge in [0.15, 0.2) is 5.43 Å². The number of nitrogens with one attached hydrogen (secondary N) is 2. The van der Waals surface area contributed by atoms with Gasteiger partial charge in [0.05, 0.1) is 5.01 Å². The summed E-state index contributed by atoms with van der Waals surface area (Å²) in [6.45, 7) is 3.43. The Kier molecular flexibility index (Phi) is 4.83. The zero-order chi connectivity index (χ0) is 16.2. The Balaban J connectivity index is 1.55. The maximum Gasteiger partial charge on any atom is 0.189 e. The second kappa shape index (κ2) is 7.02. The smallest absolute Gasteiger partial charge is 0.189 e. The monoisotopic (exact) mass is 331 g/mol. The molecule has 0 amide bonds. The Labute approximate surface area is 137 Å². The Morgan fingerprint density at radius 3 is 3.00 bits per heavy atom. The highest BCUT2D eigenvalue weighted by Crippen LogP contribution is 2.11. The van der Waals surface area contributed by atoms with Crippen LogP contribution in [-0.4, -0.2) is 16.5 Å². The third-order valence-electron chi connectivity index (χ3n) is 3.57. The van der Waals surface area contributed by atoms with Crippen LogP contribution < -0.4 is 10.7 Å². The van der Waals surface area contributed by atoms with Crippen LogP contribution in [0.4, 0.5) is 4.39 Å². The zero-order valence-corrected chi connectivity index (χ0v) is 13.7. The van der Waals surface area contributed by atoms with Gasteiger partial charge in [0.25, 0.3) is 0 Å². The predicted molar refractivity (Wildman–Crippen MR) is 91.4 cm³/mol. The number of halogens is 1. The van der Waals surface area contributed by atoms with E-state index in [4.69, 9.17) is 0 Å². The molecule has 3 rings (SSSR count). The van der Waals surface area contributed by atoms with E-state index in [0.717, 1.165) is 35.8 Å². The predicted octanol–water partition coefficient (Wildman–Crippen LogP) is 3.15. The molecule has 2 N–H and O–H groups in total. The summed E-state index contributed by atoms with van der Waals surface area (Å²) in [6, 6.07) is 5.74. The average molecular weight is 331 g/mol. The van der Waals surface area contributed by atoms with Gasteiger partial charge < -0.3 is 10.3 Å². The summed E-state index contributed by atoms with van der Waals surface area (Å²) in [4.78, 5) is 19.6. The molecule has 120 valence electrons. The summed E-state index contributed by atoms with van der Waals surface area (Å²) in [5.74, 6) is -0.397. The van der Waals surface area contributed by atoms with Crippen LogP contribution in [0.25, 0.3) is 10.9 Å². The number of hydrogen-bond donors (Lipinski definition) is 2. The lowest BCUT2D eigenvalue weighted by Crippen LogP contribution is -2.18. The summed E-state index contributed by atoms with van der Waals surface area (Å²) in [7, 11) is 0. The van der Waals surface area contributed by atoms with Gasteiger partial charge >= 0.3 is 0 Å². The Morgan fingerprint density at radius 1 is 1.35 bits per heavy atom. The van der Waals surface area contributed by atoms with E-state index in [0.29, 0.717) is 17.4 Å². The van der Waals surface area contributed by atoms with E-state index in [1.807, 2.05) is 6.92 Å². The molecule has 1 aromatic carbocycles. The molecule has 0 saturated heterocycles. The van der Waals surface area contributed by atoms with Crippen molar-refractivity contribution in [3.8, 4) is 0 Å². The van der Waals surface area contributed by atoms with E-state index in [-0.39, 0.29) is 5.43 Å². The number of aromatic nitrogens is 2. The molecule has 0 atom stereocenters. The molecular formula is C17H18FN3OS. The molecule has 0 saturated carbocycles. The molecule has 2 aromatic heterocycles. The molecule has 0 aliphatic carbocycles. The molecule has 0 unspecified atom stereocenters. The maximum absolute atomic E-state index is 13.2. The lowest BCUT2D eigenvalue weighted by Gasteiger charge is -2.06. The maximum atomic E-state index is 13.2. The Hall–Kier alpha value is -2.05. The van der Waals surface area contributed by atoms with Crippen molar-refractivity contribution in [1.29, 1.82) is 0 Å². The molecule has 2 heterocycles. The minimum Gasteiger partial charge on any atom is -0.357 e. The van der Waals surface area contributed by atoms with Gasteiger partial charge in [0.1, 0.15) is 5.82 Å². The number of pyridine rings is 1. The first-order valence-electron chi connectivity index (χ1n) is 7.55. The van der Waals surface area contributed by atoms with Gasteiger partial charge in [-0.2, -0.15) is 0 Å². The minimum atomic E-state index is -0.397. The molecule has 0 bridgehead atoms. The number of aromatic amines is 1. The number of fused-ring (bicyclic) bond motifs is 1. The quantitative estimate of drug-likeness (QED) is 0.682. The van der Waals surface area contributed by atoms with Gasteiger partial charge in [-0.15, -0.1) is 11.3 Å². The lowest BCUT2D eigenvalue weighted by atomic mass is 10.2. The summed E-state index contributed by atoms with van der Waals surface area (Å²) in [5.41, 5.74) is 2.38. The summed E-state index contributed by atoms with van der Waals surface area (Å²) >= 11 is 1.69. The lowest BCUT2D eigenvalue weighted by molar-refractivity contribution is 0.629.